The zero-order valence-corrected chi connectivity index (χ0v) is 14.1. The Bertz CT molecular complexity index is 431. The van der Waals surface area contributed by atoms with Crippen LogP contribution >= 0.6 is 48.2 Å². The number of hydrogen-bond donors (Lipinski definition) is 3. The highest BCUT2D eigenvalue weighted by Gasteiger charge is 2.00. The van der Waals surface area contributed by atoms with E-state index in [1.807, 2.05) is 12.1 Å². The molecule has 3 N–H and O–H groups in total. The first-order chi connectivity index (χ1) is 9.47. The van der Waals surface area contributed by atoms with Gasteiger partial charge in [-0.3, -0.25) is 9.78 Å². The zero-order chi connectivity index (χ0) is 15.4. The number of carbonyl (C=O) groups excluding carboxylic acids is 1. The predicted molar refractivity (Wildman–Crippen MR) is 91.6 cm³/mol. The summed E-state index contributed by atoms with van der Waals surface area (Å²) in [6, 6.07) is 3.67. The number of thiocarbonyl (C=S) groups is 1. The lowest BCUT2D eigenvalue weighted by Crippen LogP contribution is -2.19. The second kappa shape index (κ2) is 12.1. The van der Waals surface area contributed by atoms with Gasteiger partial charge in [0.25, 0.3) is 10.4 Å². The van der Waals surface area contributed by atoms with E-state index in [2.05, 4.69) is 28.7 Å². The molecular weight excluding hydrogens is 338 g/mol. The summed E-state index contributed by atoms with van der Waals surface area (Å²) in [6.45, 7) is 0.592. The second-order valence-corrected chi connectivity index (χ2v) is 5.53. The quantitative estimate of drug-likeness (QED) is 0.429. The van der Waals surface area contributed by atoms with Crippen molar-refractivity contribution in [3.63, 3.8) is 0 Å². The molecule has 112 valence electrons. The van der Waals surface area contributed by atoms with E-state index in [0.29, 0.717) is 16.8 Å². The maximum absolute atomic E-state index is 9.09. The molecule has 20 heavy (non-hydrogen) atoms. The molecule has 0 fully saturated rings. The third-order valence-corrected chi connectivity index (χ3v) is 3.34. The monoisotopic (exact) mass is 353 g/mol. The van der Waals surface area contributed by atoms with Gasteiger partial charge in [0, 0.05) is 24.8 Å². The van der Waals surface area contributed by atoms with Gasteiger partial charge in [0.15, 0.2) is 0 Å². The van der Waals surface area contributed by atoms with Gasteiger partial charge in [0.05, 0.1) is 17.3 Å². The molecule has 0 saturated heterocycles. The fourth-order valence-corrected chi connectivity index (χ4v) is 2.08. The number of hydrogen-bond acceptors (Lipinski definition) is 5. The van der Waals surface area contributed by atoms with Crippen LogP contribution in [0, 0.1) is 0 Å². The van der Waals surface area contributed by atoms with Gasteiger partial charge in [0.2, 0.25) is 0 Å². The number of primary amides is 1. The molecule has 0 aliphatic carbocycles. The Kier molecular flexibility index (Phi) is 11.6. The van der Waals surface area contributed by atoms with Crippen molar-refractivity contribution in [1.29, 1.82) is 0 Å². The third-order valence-electron chi connectivity index (χ3n) is 1.74. The highest BCUT2D eigenvalue weighted by atomic mass is 35.5. The van der Waals surface area contributed by atoms with Gasteiger partial charge in [-0.25, -0.2) is 0 Å². The lowest BCUT2D eigenvalue weighted by atomic mass is 10.4. The number of carbonyl (C=O) groups is 1. The summed E-state index contributed by atoms with van der Waals surface area (Å²) in [5.41, 5.74) is 5.24. The van der Waals surface area contributed by atoms with E-state index in [0.717, 1.165) is 17.2 Å². The molecular formula is C11H16ClN3O2S3. The van der Waals surface area contributed by atoms with Crippen LogP contribution < -0.4 is 11.1 Å². The van der Waals surface area contributed by atoms with Crippen molar-refractivity contribution in [3.05, 3.63) is 29.0 Å². The highest BCUT2D eigenvalue weighted by Crippen LogP contribution is 2.18. The molecule has 0 aliphatic heterocycles. The molecule has 0 atom stereocenters. The standard InChI is InChI=1S/C10H13ClN2OS2.CH3NOS/c1-12-10(15)14-5-6-16-7-9-8(11)3-2-4-13-9;2-1(3)4/h2-4H,5-7H2,1H3,(H,12,15);(H3,2,3,4). The first-order valence-electron chi connectivity index (χ1n) is 5.47. The molecule has 9 heteroatoms. The lowest BCUT2D eigenvalue weighted by Gasteiger charge is -2.06. The zero-order valence-electron chi connectivity index (χ0n) is 10.8. The summed E-state index contributed by atoms with van der Waals surface area (Å²) in [7, 11) is 1.74. The number of pyridine rings is 1. The number of thioether (sulfide) groups is 1. The fourth-order valence-electron chi connectivity index (χ4n) is 0.959. The summed E-state index contributed by atoms with van der Waals surface area (Å²) < 4.78 is 5.21. The van der Waals surface area contributed by atoms with E-state index >= 15 is 0 Å². The average molecular weight is 354 g/mol. The minimum Gasteiger partial charge on any atom is -0.470 e. The summed E-state index contributed by atoms with van der Waals surface area (Å²) in [5, 5.41) is 3.25. The summed E-state index contributed by atoms with van der Waals surface area (Å²) >= 11 is 15.6. The Labute approximate surface area is 138 Å². The van der Waals surface area contributed by atoms with E-state index < -0.39 is 5.24 Å². The Hall–Kier alpha value is -0.700. The van der Waals surface area contributed by atoms with Gasteiger partial charge in [-0.1, -0.05) is 24.2 Å². The number of ether oxygens (including phenoxy) is 1. The molecule has 5 nitrogen and oxygen atoms in total. The first-order valence-corrected chi connectivity index (χ1v) is 7.86. The van der Waals surface area contributed by atoms with Crippen molar-refractivity contribution in [3.8, 4) is 0 Å². The van der Waals surface area contributed by atoms with Crippen molar-refractivity contribution in [2.45, 2.75) is 5.75 Å². The van der Waals surface area contributed by atoms with Crippen LogP contribution in [0.1, 0.15) is 5.69 Å². The van der Waals surface area contributed by atoms with E-state index in [-0.39, 0.29) is 0 Å². The minimum absolute atomic E-state index is 0.427. The Morgan fingerprint density at radius 1 is 1.70 bits per heavy atom. The SMILES string of the molecule is CNC(=S)OCCSCc1ncccc1Cl.NC(=O)S. The van der Waals surface area contributed by atoms with Gasteiger partial charge >= 0.3 is 0 Å². The number of rotatable bonds is 5. The minimum atomic E-state index is -0.639. The van der Waals surface area contributed by atoms with Crippen molar-refractivity contribution >= 4 is 58.6 Å². The Morgan fingerprint density at radius 3 is 2.90 bits per heavy atom. The molecule has 1 aromatic heterocycles. The van der Waals surface area contributed by atoms with E-state index in [1.165, 1.54) is 0 Å². The van der Waals surface area contributed by atoms with Crippen LogP contribution in [0.25, 0.3) is 0 Å². The van der Waals surface area contributed by atoms with E-state index in [1.54, 1.807) is 25.0 Å². The highest BCUT2D eigenvalue weighted by molar-refractivity contribution is 7.98. The third kappa shape index (κ3) is 11.2. The molecule has 1 aromatic rings. The molecule has 0 spiro atoms. The van der Waals surface area contributed by atoms with Crippen LogP contribution in [0.5, 0.6) is 0 Å². The lowest BCUT2D eigenvalue weighted by molar-refractivity contribution is 0.267. The van der Waals surface area contributed by atoms with Crippen LogP contribution in [0.4, 0.5) is 4.79 Å². The normalized spacial score (nSPS) is 9.15. The van der Waals surface area contributed by atoms with Gasteiger partial charge in [-0.15, -0.1) is 0 Å². The van der Waals surface area contributed by atoms with Crippen LogP contribution in [-0.4, -0.2) is 34.8 Å². The smallest absolute Gasteiger partial charge is 0.273 e. The molecule has 1 heterocycles. The van der Waals surface area contributed by atoms with E-state index in [4.69, 9.17) is 33.4 Å². The van der Waals surface area contributed by atoms with Crippen molar-refractivity contribution in [1.82, 2.24) is 10.3 Å². The van der Waals surface area contributed by atoms with Crippen LogP contribution in [0.3, 0.4) is 0 Å². The van der Waals surface area contributed by atoms with Gasteiger partial charge in [-0.05, 0) is 24.4 Å². The van der Waals surface area contributed by atoms with Gasteiger partial charge in [0.1, 0.15) is 0 Å². The number of halogens is 1. The molecule has 0 saturated carbocycles. The van der Waals surface area contributed by atoms with Crippen LogP contribution in [-0.2, 0) is 10.5 Å². The number of nitrogens with two attached hydrogens (primary N) is 1. The number of aromatic nitrogens is 1. The largest absolute Gasteiger partial charge is 0.470 e. The molecule has 0 aromatic carbocycles. The number of amides is 1. The van der Waals surface area contributed by atoms with Crippen molar-refractivity contribution in [2.24, 2.45) is 5.73 Å². The Balaban J connectivity index is 0.000000796. The molecule has 0 bridgehead atoms. The van der Waals surface area contributed by atoms with Crippen molar-refractivity contribution in [2.75, 3.05) is 19.4 Å². The summed E-state index contributed by atoms with van der Waals surface area (Å²) in [5.74, 6) is 1.64. The van der Waals surface area contributed by atoms with Crippen LogP contribution in [0.2, 0.25) is 5.02 Å². The summed E-state index contributed by atoms with van der Waals surface area (Å²) in [4.78, 5) is 13.3. The molecule has 1 amide bonds. The average Bonchev–Trinajstić information content (AvgIpc) is 2.39. The number of nitrogens with zero attached hydrogens (tertiary/aromatic N) is 1. The van der Waals surface area contributed by atoms with Crippen LogP contribution in [0.15, 0.2) is 18.3 Å². The van der Waals surface area contributed by atoms with Gasteiger partial charge < -0.3 is 15.8 Å². The van der Waals surface area contributed by atoms with E-state index in [9.17, 15) is 0 Å². The van der Waals surface area contributed by atoms with Gasteiger partial charge in [-0.2, -0.15) is 11.8 Å². The molecule has 0 radical (unpaired) electrons. The number of nitrogens with one attached hydrogen (secondary N) is 1. The predicted octanol–water partition coefficient (Wildman–Crippen LogP) is 2.48. The first kappa shape index (κ1) is 19.3. The second-order valence-electron chi connectivity index (χ2n) is 3.21. The maximum atomic E-state index is 9.09. The number of thiol groups is 1. The topological polar surface area (TPSA) is 77.2 Å². The molecule has 1 rings (SSSR count). The van der Waals surface area contributed by atoms with Crippen molar-refractivity contribution < 1.29 is 9.53 Å². The fraction of sp³-hybridized carbons (Fsp3) is 0.364. The molecule has 0 aliphatic rings. The maximum Gasteiger partial charge on any atom is 0.273 e. The molecule has 0 unspecified atom stereocenters. The summed E-state index contributed by atoms with van der Waals surface area (Å²) in [6.07, 6.45) is 1.74. The Morgan fingerprint density at radius 2 is 2.35 bits per heavy atom.